The monoisotopic (exact) mass is 270 g/mol. The number of non-ortho nitro benzene ring substituents is 1. The molecular weight excluding hydrogens is 268 g/mol. The molecule has 0 bridgehead atoms. The van der Waals surface area contributed by atoms with Gasteiger partial charge in [0.1, 0.15) is 0 Å². The lowest BCUT2D eigenvalue weighted by Gasteiger charge is -1.98. The smallest absolute Gasteiger partial charge is 0.258 e. The zero-order valence-electron chi connectivity index (χ0n) is 8.30. The Labute approximate surface area is 103 Å². The number of hydrogen-bond donors (Lipinski definition) is 0. The van der Waals surface area contributed by atoms with Gasteiger partial charge < -0.3 is 0 Å². The number of rotatable bonds is 4. The molecule has 0 aromatic heterocycles. The van der Waals surface area contributed by atoms with Crippen LogP contribution in [0.5, 0.6) is 0 Å². The van der Waals surface area contributed by atoms with Crippen LogP contribution in [-0.4, -0.2) is 19.9 Å². The van der Waals surface area contributed by atoms with Crippen LogP contribution < -0.4 is 0 Å². The molecule has 1 aromatic rings. The summed E-state index contributed by atoms with van der Waals surface area (Å²) in [6.45, 7) is 0. The molecule has 0 fully saturated rings. The van der Waals surface area contributed by atoms with Crippen LogP contribution in [0, 0.1) is 30.3 Å². The standard InChI is InChI=1S/C7H2N4O6S/c12-9(13)4-1-5(10(14)15)7(8-3-18)6(2-4)11(16)17/h1-2H. The fourth-order valence-electron chi connectivity index (χ4n) is 1.13. The fraction of sp³-hybridized carbons (Fsp3) is 0. The van der Waals surface area contributed by atoms with Gasteiger partial charge in [-0.2, -0.15) is 4.99 Å². The number of isothiocyanates is 1. The highest BCUT2D eigenvalue weighted by molar-refractivity contribution is 7.78. The summed E-state index contributed by atoms with van der Waals surface area (Å²) in [4.78, 5) is 32.1. The van der Waals surface area contributed by atoms with E-state index in [9.17, 15) is 30.3 Å². The van der Waals surface area contributed by atoms with E-state index in [-0.39, 0.29) is 0 Å². The van der Waals surface area contributed by atoms with Gasteiger partial charge in [-0.3, -0.25) is 30.3 Å². The molecule has 0 saturated carbocycles. The minimum atomic E-state index is -1.02. The van der Waals surface area contributed by atoms with E-state index in [1.54, 1.807) is 5.16 Å². The highest BCUT2D eigenvalue weighted by atomic mass is 32.1. The minimum absolute atomic E-state index is 0.568. The second-order valence-corrected chi connectivity index (χ2v) is 2.99. The van der Waals surface area contributed by atoms with Crippen LogP contribution in [0.4, 0.5) is 22.7 Å². The molecule has 0 aliphatic heterocycles. The molecule has 0 aliphatic rings. The van der Waals surface area contributed by atoms with Crippen molar-refractivity contribution in [3.05, 3.63) is 42.5 Å². The van der Waals surface area contributed by atoms with E-state index < -0.39 is 37.5 Å². The lowest BCUT2D eigenvalue weighted by Crippen LogP contribution is -1.97. The zero-order chi connectivity index (χ0) is 13.9. The van der Waals surface area contributed by atoms with E-state index >= 15 is 0 Å². The highest BCUT2D eigenvalue weighted by Gasteiger charge is 2.30. The number of benzene rings is 1. The summed E-state index contributed by atoms with van der Waals surface area (Å²) in [5.74, 6) is 0. The molecule has 0 amide bonds. The first-order valence-electron chi connectivity index (χ1n) is 4.07. The SMILES string of the molecule is O=[N+]([O-])c1cc([N+](=O)[O-])c(N=C=S)c([N+](=O)[O-])c1. The van der Waals surface area contributed by atoms with Crippen LogP contribution in [0.25, 0.3) is 0 Å². The molecular formula is C7H2N4O6S. The predicted molar refractivity (Wildman–Crippen MR) is 61.1 cm³/mol. The molecule has 0 atom stereocenters. The molecule has 0 saturated heterocycles. The summed E-state index contributed by atoms with van der Waals surface area (Å²) in [7, 11) is 0. The molecule has 92 valence electrons. The van der Waals surface area contributed by atoms with E-state index in [1.807, 2.05) is 0 Å². The van der Waals surface area contributed by atoms with Gasteiger partial charge in [-0.1, -0.05) is 0 Å². The summed E-state index contributed by atoms with van der Waals surface area (Å²) in [5, 5.41) is 33.6. The first-order chi connectivity index (χ1) is 8.38. The molecule has 0 radical (unpaired) electrons. The Balaban J connectivity index is 3.76. The van der Waals surface area contributed by atoms with Crippen LogP contribution in [0.3, 0.4) is 0 Å². The quantitative estimate of drug-likeness (QED) is 0.353. The van der Waals surface area contributed by atoms with E-state index in [0.29, 0.717) is 12.1 Å². The topological polar surface area (TPSA) is 142 Å². The Morgan fingerprint density at radius 3 is 1.72 bits per heavy atom. The molecule has 0 heterocycles. The van der Waals surface area contributed by atoms with Crippen LogP contribution in [0.15, 0.2) is 17.1 Å². The number of nitro benzene ring substituents is 3. The Bertz CT molecular complexity index is 573. The molecule has 10 nitrogen and oxygen atoms in total. The predicted octanol–water partition coefficient (Wildman–Crippen LogP) is 2.15. The normalized spacial score (nSPS) is 9.33. The van der Waals surface area contributed by atoms with Crippen molar-refractivity contribution in [2.75, 3.05) is 0 Å². The third-order valence-electron chi connectivity index (χ3n) is 1.82. The summed E-state index contributed by atoms with van der Waals surface area (Å²) in [6, 6.07) is 1.14. The Morgan fingerprint density at radius 1 is 1.00 bits per heavy atom. The molecule has 0 spiro atoms. The number of nitro groups is 3. The first-order valence-corrected chi connectivity index (χ1v) is 4.48. The second-order valence-electron chi connectivity index (χ2n) is 2.81. The molecule has 18 heavy (non-hydrogen) atoms. The number of nitrogens with zero attached hydrogens (tertiary/aromatic N) is 4. The van der Waals surface area contributed by atoms with Gasteiger partial charge in [-0.05, 0) is 12.2 Å². The van der Waals surface area contributed by atoms with Crippen molar-refractivity contribution in [2.45, 2.75) is 0 Å². The van der Waals surface area contributed by atoms with Crippen molar-refractivity contribution in [2.24, 2.45) is 4.99 Å². The van der Waals surface area contributed by atoms with Gasteiger partial charge in [-0.25, -0.2) is 0 Å². The third-order valence-corrected chi connectivity index (χ3v) is 1.91. The van der Waals surface area contributed by atoms with E-state index in [0.717, 1.165) is 0 Å². The molecule has 11 heteroatoms. The average molecular weight is 270 g/mol. The summed E-state index contributed by atoms with van der Waals surface area (Å²) in [6.07, 6.45) is 0. The van der Waals surface area contributed by atoms with Crippen LogP contribution >= 0.6 is 12.2 Å². The molecule has 0 unspecified atom stereocenters. The van der Waals surface area contributed by atoms with Gasteiger partial charge in [0, 0.05) is 0 Å². The highest BCUT2D eigenvalue weighted by Crippen LogP contribution is 2.40. The Hall–Kier alpha value is -2.78. The third kappa shape index (κ3) is 2.48. The van der Waals surface area contributed by atoms with Crippen molar-refractivity contribution in [1.29, 1.82) is 0 Å². The largest absolute Gasteiger partial charge is 0.309 e. The molecule has 0 aliphatic carbocycles. The summed E-state index contributed by atoms with van der Waals surface area (Å²) >= 11 is 4.22. The van der Waals surface area contributed by atoms with E-state index in [1.165, 1.54) is 0 Å². The second kappa shape index (κ2) is 5.03. The maximum absolute atomic E-state index is 10.7. The van der Waals surface area contributed by atoms with E-state index in [2.05, 4.69) is 17.2 Å². The number of aliphatic imine (C=N–C) groups is 1. The summed E-state index contributed by atoms with van der Waals surface area (Å²) in [5.41, 5.74) is -3.22. The maximum Gasteiger partial charge on any atom is 0.309 e. The minimum Gasteiger partial charge on any atom is -0.258 e. The molecule has 1 aromatic carbocycles. The van der Waals surface area contributed by atoms with Crippen LogP contribution in [0.1, 0.15) is 0 Å². The van der Waals surface area contributed by atoms with Crippen molar-refractivity contribution in [3.8, 4) is 0 Å². The number of thiocarbonyl (C=S) groups is 1. The van der Waals surface area contributed by atoms with Gasteiger partial charge in [0.25, 0.3) is 5.69 Å². The first kappa shape index (κ1) is 13.3. The fourth-order valence-corrected chi connectivity index (χ4v) is 1.22. The van der Waals surface area contributed by atoms with Gasteiger partial charge >= 0.3 is 11.4 Å². The summed E-state index contributed by atoms with van der Waals surface area (Å²) < 4.78 is 0. The van der Waals surface area contributed by atoms with Crippen LogP contribution in [0.2, 0.25) is 0 Å². The number of hydrogen-bond acceptors (Lipinski definition) is 8. The van der Waals surface area contributed by atoms with Gasteiger partial charge in [0.2, 0.25) is 5.69 Å². The van der Waals surface area contributed by atoms with Gasteiger partial charge in [-0.15, -0.1) is 0 Å². The molecule has 0 N–H and O–H groups in total. The van der Waals surface area contributed by atoms with Crippen molar-refractivity contribution in [1.82, 2.24) is 0 Å². The molecule has 1 rings (SSSR count). The Morgan fingerprint density at radius 2 is 1.44 bits per heavy atom. The lowest BCUT2D eigenvalue weighted by molar-refractivity contribution is -0.402. The van der Waals surface area contributed by atoms with Crippen LogP contribution in [-0.2, 0) is 0 Å². The average Bonchev–Trinajstić information content (AvgIpc) is 2.28. The van der Waals surface area contributed by atoms with Crippen molar-refractivity contribution < 1.29 is 14.8 Å². The van der Waals surface area contributed by atoms with Gasteiger partial charge in [0.15, 0.2) is 0 Å². The zero-order valence-corrected chi connectivity index (χ0v) is 9.12. The van der Waals surface area contributed by atoms with Gasteiger partial charge in [0.05, 0.1) is 32.1 Å². The Kier molecular flexibility index (Phi) is 3.72. The lowest BCUT2D eigenvalue weighted by atomic mass is 10.2. The van der Waals surface area contributed by atoms with Crippen molar-refractivity contribution >= 4 is 40.1 Å². The van der Waals surface area contributed by atoms with E-state index in [4.69, 9.17) is 0 Å². The van der Waals surface area contributed by atoms with Crippen molar-refractivity contribution in [3.63, 3.8) is 0 Å². The maximum atomic E-state index is 10.7.